The Balaban J connectivity index is 3.77. The molecule has 0 bridgehead atoms. The third kappa shape index (κ3) is 7.37. The van der Waals surface area contributed by atoms with Gasteiger partial charge in [-0.25, -0.2) is 4.79 Å². The van der Waals surface area contributed by atoms with Crippen LogP contribution in [0.3, 0.4) is 0 Å². The lowest BCUT2D eigenvalue weighted by atomic mass is 9.99. The number of rotatable bonds is 6. The summed E-state index contributed by atoms with van der Waals surface area (Å²) in [6, 6.07) is 0. The summed E-state index contributed by atoms with van der Waals surface area (Å²) in [5.74, 6) is -0.476. The molecule has 0 aliphatic carbocycles. The monoisotopic (exact) mass is 185 g/mol. The smallest absolute Gasteiger partial charge is 0.330 e. The number of aliphatic carboxylic acids is 1. The van der Waals surface area contributed by atoms with Crippen molar-refractivity contribution in [1.29, 1.82) is 0 Å². The molecule has 0 aromatic carbocycles. The SMILES string of the molecule is CCCCC(C)CC(N)=CC(=O)O. The van der Waals surface area contributed by atoms with Crippen LogP contribution in [0.15, 0.2) is 11.8 Å². The van der Waals surface area contributed by atoms with Crippen LogP contribution in [-0.4, -0.2) is 11.1 Å². The third-order valence-corrected chi connectivity index (χ3v) is 1.94. The van der Waals surface area contributed by atoms with Gasteiger partial charge >= 0.3 is 5.97 Å². The van der Waals surface area contributed by atoms with E-state index in [1.165, 1.54) is 12.8 Å². The van der Waals surface area contributed by atoms with Gasteiger partial charge in [0, 0.05) is 11.8 Å². The summed E-state index contributed by atoms with van der Waals surface area (Å²) in [5.41, 5.74) is 6.00. The first kappa shape index (κ1) is 12.0. The Hall–Kier alpha value is -0.990. The second-order valence-corrected chi connectivity index (χ2v) is 3.51. The quantitative estimate of drug-likeness (QED) is 0.623. The number of unbranched alkanes of at least 4 members (excludes halogenated alkanes) is 1. The zero-order chi connectivity index (χ0) is 10.3. The summed E-state index contributed by atoms with van der Waals surface area (Å²) < 4.78 is 0. The van der Waals surface area contributed by atoms with Crippen molar-refractivity contribution >= 4 is 5.97 Å². The normalized spacial score (nSPS) is 14.2. The van der Waals surface area contributed by atoms with E-state index in [4.69, 9.17) is 10.8 Å². The van der Waals surface area contributed by atoms with Gasteiger partial charge in [0.15, 0.2) is 0 Å². The molecule has 3 heteroatoms. The van der Waals surface area contributed by atoms with Gasteiger partial charge in [0.1, 0.15) is 0 Å². The van der Waals surface area contributed by atoms with Crippen LogP contribution in [0.4, 0.5) is 0 Å². The van der Waals surface area contributed by atoms with Crippen LogP contribution in [-0.2, 0) is 4.79 Å². The molecule has 1 atom stereocenters. The number of hydrogen-bond donors (Lipinski definition) is 2. The average molecular weight is 185 g/mol. The fourth-order valence-electron chi connectivity index (χ4n) is 1.27. The standard InChI is InChI=1S/C10H19NO2/c1-3-4-5-8(2)6-9(11)7-10(12)13/h7-8H,3-6,11H2,1-2H3,(H,12,13). The van der Waals surface area contributed by atoms with Crippen LogP contribution in [0.2, 0.25) is 0 Å². The van der Waals surface area contributed by atoms with E-state index in [1.807, 2.05) is 0 Å². The molecule has 0 rings (SSSR count). The molecule has 0 heterocycles. The summed E-state index contributed by atoms with van der Waals surface area (Å²) in [4.78, 5) is 10.2. The highest BCUT2D eigenvalue weighted by molar-refractivity contribution is 5.80. The Kier molecular flexibility index (Phi) is 6.02. The van der Waals surface area contributed by atoms with Gasteiger partial charge in [0.05, 0.1) is 0 Å². The van der Waals surface area contributed by atoms with E-state index >= 15 is 0 Å². The number of allylic oxidation sites excluding steroid dienone is 1. The Bertz CT molecular complexity index is 187. The Morgan fingerprint density at radius 3 is 2.69 bits per heavy atom. The van der Waals surface area contributed by atoms with E-state index in [-0.39, 0.29) is 0 Å². The molecular formula is C10H19NO2. The minimum atomic E-state index is -0.958. The van der Waals surface area contributed by atoms with Gasteiger partial charge in [-0.15, -0.1) is 0 Å². The van der Waals surface area contributed by atoms with Gasteiger partial charge < -0.3 is 10.8 Å². The molecule has 0 saturated carbocycles. The van der Waals surface area contributed by atoms with E-state index in [0.29, 0.717) is 18.0 Å². The molecule has 0 aromatic rings. The van der Waals surface area contributed by atoms with E-state index in [9.17, 15) is 4.79 Å². The average Bonchev–Trinajstić information content (AvgIpc) is 1.98. The maximum Gasteiger partial charge on any atom is 0.330 e. The van der Waals surface area contributed by atoms with E-state index < -0.39 is 5.97 Å². The zero-order valence-electron chi connectivity index (χ0n) is 8.42. The van der Waals surface area contributed by atoms with Gasteiger partial charge in [-0.2, -0.15) is 0 Å². The maximum absolute atomic E-state index is 10.2. The van der Waals surface area contributed by atoms with Crippen LogP contribution >= 0.6 is 0 Å². The molecule has 13 heavy (non-hydrogen) atoms. The summed E-state index contributed by atoms with van der Waals surface area (Å²) >= 11 is 0. The van der Waals surface area contributed by atoms with E-state index in [1.54, 1.807) is 0 Å². The summed E-state index contributed by atoms with van der Waals surface area (Å²) in [5, 5.41) is 8.42. The van der Waals surface area contributed by atoms with Crippen LogP contribution in [0, 0.1) is 5.92 Å². The fourth-order valence-corrected chi connectivity index (χ4v) is 1.27. The highest BCUT2D eigenvalue weighted by atomic mass is 16.4. The molecule has 0 spiro atoms. The topological polar surface area (TPSA) is 63.3 Å². The van der Waals surface area contributed by atoms with Crippen LogP contribution < -0.4 is 5.73 Å². The van der Waals surface area contributed by atoms with Crippen molar-refractivity contribution in [3.63, 3.8) is 0 Å². The molecule has 3 N–H and O–H groups in total. The molecule has 76 valence electrons. The molecule has 1 unspecified atom stereocenters. The highest BCUT2D eigenvalue weighted by Gasteiger charge is 2.03. The number of hydrogen-bond acceptors (Lipinski definition) is 2. The number of carboxylic acids is 1. The molecular weight excluding hydrogens is 166 g/mol. The second-order valence-electron chi connectivity index (χ2n) is 3.51. The third-order valence-electron chi connectivity index (χ3n) is 1.94. The second kappa shape index (κ2) is 6.52. The van der Waals surface area contributed by atoms with Crippen LogP contribution in [0.1, 0.15) is 39.5 Å². The van der Waals surface area contributed by atoms with Gasteiger partial charge in [-0.05, 0) is 12.3 Å². The van der Waals surface area contributed by atoms with E-state index in [2.05, 4.69) is 13.8 Å². The molecule has 0 aliphatic heterocycles. The highest BCUT2D eigenvalue weighted by Crippen LogP contribution is 2.14. The number of nitrogens with two attached hydrogens (primary N) is 1. The predicted octanol–water partition coefficient (Wildman–Crippen LogP) is 2.13. The first-order chi connectivity index (χ1) is 6.06. The summed E-state index contributed by atoms with van der Waals surface area (Å²) in [6.07, 6.45) is 5.24. The molecule has 0 aliphatic rings. The van der Waals surface area contributed by atoms with Gasteiger partial charge in [0.2, 0.25) is 0 Å². The Morgan fingerprint density at radius 1 is 1.62 bits per heavy atom. The predicted molar refractivity (Wildman–Crippen MR) is 53.2 cm³/mol. The first-order valence-electron chi connectivity index (χ1n) is 4.75. The lowest BCUT2D eigenvalue weighted by Gasteiger charge is -2.09. The van der Waals surface area contributed by atoms with Gasteiger partial charge in [-0.1, -0.05) is 33.1 Å². The van der Waals surface area contributed by atoms with Gasteiger partial charge in [0.25, 0.3) is 0 Å². The number of carbonyl (C=O) groups is 1. The Labute approximate surface area is 79.6 Å². The zero-order valence-corrected chi connectivity index (χ0v) is 8.42. The lowest BCUT2D eigenvalue weighted by molar-refractivity contribution is -0.131. The van der Waals surface area contributed by atoms with Crippen molar-refractivity contribution in [1.82, 2.24) is 0 Å². The lowest BCUT2D eigenvalue weighted by Crippen LogP contribution is -2.06. The number of carboxylic acid groups (broad SMARTS) is 1. The van der Waals surface area contributed by atoms with Crippen molar-refractivity contribution in [2.75, 3.05) is 0 Å². The summed E-state index contributed by atoms with van der Waals surface area (Å²) in [7, 11) is 0. The van der Waals surface area contributed by atoms with E-state index in [0.717, 1.165) is 12.5 Å². The summed E-state index contributed by atoms with van der Waals surface area (Å²) in [6.45, 7) is 4.24. The van der Waals surface area contributed by atoms with Crippen molar-refractivity contribution < 1.29 is 9.90 Å². The van der Waals surface area contributed by atoms with Crippen molar-refractivity contribution in [3.8, 4) is 0 Å². The maximum atomic E-state index is 10.2. The Morgan fingerprint density at radius 2 is 2.23 bits per heavy atom. The first-order valence-corrected chi connectivity index (χ1v) is 4.75. The molecule has 0 fully saturated rings. The minimum Gasteiger partial charge on any atom is -0.478 e. The molecule has 0 amide bonds. The van der Waals surface area contributed by atoms with Crippen molar-refractivity contribution in [3.05, 3.63) is 11.8 Å². The van der Waals surface area contributed by atoms with Crippen LogP contribution in [0.25, 0.3) is 0 Å². The van der Waals surface area contributed by atoms with Crippen LogP contribution in [0.5, 0.6) is 0 Å². The van der Waals surface area contributed by atoms with Crippen molar-refractivity contribution in [2.24, 2.45) is 11.7 Å². The molecule has 0 saturated heterocycles. The van der Waals surface area contributed by atoms with Crippen molar-refractivity contribution in [2.45, 2.75) is 39.5 Å². The fraction of sp³-hybridized carbons (Fsp3) is 0.700. The molecule has 3 nitrogen and oxygen atoms in total. The van der Waals surface area contributed by atoms with Gasteiger partial charge in [-0.3, -0.25) is 0 Å². The minimum absolute atomic E-state index is 0.469. The molecule has 0 radical (unpaired) electrons. The largest absolute Gasteiger partial charge is 0.478 e. The molecule has 0 aromatic heterocycles.